The van der Waals surface area contributed by atoms with Crippen LogP contribution in [0.4, 0.5) is 0 Å². The number of para-hydroxylation sites is 1. The van der Waals surface area contributed by atoms with Gasteiger partial charge in [0.15, 0.2) is 0 Å². The number of hydrogen-bond donors (Lipinski definition) is 2. The lowest BCUT2D eigenvalue weighted by Gasteiger charge is -1.95. The van der Waals surface area contributed by atoms with E-state index >= 15 is 0 Å². The van der Waals surface area contributed by atoms with Gasteiger partial charge in [-0.2, -0.15) is 0 Å². The molecule has 0 aliphatic rings. The summed E-state index contributed by atoms with van der Waals surface area (Å²) in [5, 5.41) is 17.1. The Labute approximate surface area is 131 Å². The third-order valence-electron chi connectivity index (χ3n) is 2.68. The molecular formula is C18H34O3. The highest BCUT2D eigenvalue weighted by Gasteiger charge is 1.86. The Morgan fingerprint density at radius 2 is 1.33 bits per heavy atom. The second kappa shape index (κ2) is 21.2. The van der Waals surface area contributed by atoms with Crippen molar-refractivity contribution in [2.45, 2.75) is 59.3 Å². The molecule has 0 aliphatic carbocycles. The summed E-state index contributed by atoms with van der Waals surface area (Å²) >= 11 is 0. The molecule has 124 valence electrons. The lowest BCUT2D eigenvalue weighted by molar-refractivity contribution is 0.162. The largest absolute Gasteiger partial charge is 0.508 e. The summed E-state index contributed by atoms with van der Waals surface area (Å²) in [4.78, 5) is 0. The van der Waals surface area contributed by atoms with Gasteiger partial charge in [-0.1, -0.05) is 57.2 Å². The summed E-state index contributed by atoms with van der Waals surface area (Å²) in [6.07, 6.45) is 7.50. The zero-order valence-corrected chi connectivity index (χ0v) is 14.1. The number of ether oxygens (including phenoxy) is 1. The van der Waals surface area contributed by atoms with Crippen LogP contribution in [0.2, 0.25) is 0 Å². The fourth-order valence-electron chi connectivity index (χ4n) is 1.52. The van der Waals surface area contributed by atoms with E-state index in [-0.39, 0.29) is 0 Å². The van der Waals surface area contributed by atoms with Crippen molar-refractivity contribution < 1.29 is 14.9 Å². The maximum absolute atomic E-state index is 8.63. The van der Waals surface area contributed by atoms with E-state index in [0.29, 0.717) is 12.4 Å². The second-order valence-corrected chi connectivity index (χ2v) is 4.61. The molecule has 0 bridgehead atoms. The van der Waals surface area contributed by atoms with E-state index in [9.17, 15) is 0 Å². The van der Waals surface area contributed by atoms with Gasteiger partial charge < -0.3 is 14.9 Å². The van der Waals surface area contributed by atoms with Crippen LogP contribution in [0, 0.1) is 0 Å². The highest BCUT2D eigenvalue weighted by Crippen LogP contribution is 2.03. The predicted molar refractivity (Wildman–Crippen MR) is 90.7 cm³/mol. The molecule has 3 heteroatoms. The molecule has 0 atom stereocenters. The highest BCUT2D eigenvalue weighted by atomic mass is 16.5. The molecule has 0 aliphatic heterocycles. The van der Waals surface area contributed by atoms with Gasteiger partial charge >= 0.3 is 0 Å². The summed E-state index contributed by atoms with van der Waals surface area (Å²) in [7, 11) is 0. The van der Waals surface area contributed by atoms with Gasteiger partial charge in [0.25, 0.3) is 0 Å². The third kappa shape index (κ3) is 24.4. The van der Waals surface area contributed by atoms with E-state index < -0.39 is 0 Å². The monoisotopic (exact) mass is 298 g/mol. The summed E-state index contributed by atoms with van der Waals surface area (Å²) < 4.78 is 4.83. The third-order valence-corrected chi connectivity index (χ3v) is 2.68. The number of aliphatic hydroxyl groups is 1. The maximum atomic E-state index is 8.63. The second-order valence-electron chi connectivity index (χ2n) is 4.61. The highest BCUT2D eigenvalue weighted by molar-refractivity contribution is 5.18. The van der Waals surface area contributed by atoms with Crippen molar-refractivity contribution in [3.63, 3.8) is 0 Å². The number of rotatable bonds is 8. The molecule has 21 heavy (non-hydrogen) atoms. The molecule has 3 nitrogen and oxygen atoms in total. The number of phenols is 1. The molecule has 0 aromatic heterocycles. The smallest absolute Gasteiger partial charge is 0.115 e. The van der Waals surface area contributed by atoms with Crippen molar-refractivity contribution in [1.82, 2.24) is 0 Å². The minimum atomic E-state index is 0.322. The molecule has 0 spiro atoms. The Bertz CT molecular complexity index is 254. The van der Waals surface area contributed by atoms with Gasteiger partial charge in [0, 0.05) is 19.8 Å². The lowest BCUT2D eigenvalue weighted by Crippen LogP contribution is -1.84. The standard InChI is InChI=1S/C8H18O.C6H6O.C4H10O/c1-2-3-4-5-6-7-8-9;7-6-4-2-1-3-5-6;1-3-5-4-2/h9H,2-8H2,1H3;1-5,7H;3-4H2,1-2H3. The van der Waals surface area contributed by atoms with Crippen LogP contribution in [-0.2, 0) is 4.74 Å². The molecule has 0 saturated heterocycles. The first-order chi connectivity index (χ1) is 10.2. The predicted octanol–water partition coefficient (Wildman–Crippen LogP) is 4.77. The van der Waals surface area contributed by atoms with Gasteiger partial charge in [0.2, 0.25) is 0 Å². The van der Waals surface area contributed by atoms with Gasteiger partial charge in [-0.3, -0.25) is 0 Å². The summed E-state index contributed by atoms with van der Waals surface area (Å²) in [6, 6.07) is 8.71. The average Bonchev–Trinajstić information content (AvgIpc) is 2.50. The quantitative estimate of drug-likeness (QED) is 0.679. The number of aromatic hydroxyl groups is 1. The maximum Gasteiger partial charge on any atom is 0.115 e. The van der Waals surface area contributed by atoms with Crippen molar-refractivity contribution in [3.8, 4) is 5.75 Å². The van der Waals surface area contributed by atoms with Crippen molar-refractivity contribution >= 4 is 0 Å². The molecule has 0 unspecified atom stereocenters. The SMILES string of the molecule is CCCCCCCCO.CCOCC.Oc1ccccc1. The van der Waals surface area contributed by atoms with Crippen LogP contribution in [0.3, 0.4) is 0 Å². The van der Waals surface area contributed by atoms with Gasteiger partial charge in [0.1, 0.15) is 5.75 Å². The van der Waals surface area contributed by atoms with E-state index in [1.807, 2.05) is 19.9 Å². The molecular weight excluding hydrogens is 264 g/mol. The Morgan fingerprint density at radius 3 is 1.67 bits per heavy atom. The van der Waals surface area contributed by atoms with Crippen LogP contribution in [0.25, 0.3) is 0 Å². The molecule has 0 saturated carbocycles. The first-order valence-electron chi connectivity index (χ1n) is 8.15. The number of aliphatic hydroxyl groups excluding tert-OH is 1. The first kappa shape index (κ1) is 22.2. The van der Waals surface area contributed by atoms with E-state index in [2.05, 4.69) is 6.92 Å². The molecule has 2 N–H and O–H groups in total. The number of benzene rings is 1. The Hall–Kier alpha value is -1.06. The van der Waals surface area contributed by atoms with Crippen LogP contribution in [-0.4, -0.2) is 30.0 Å². The Balaban J connectivity index is 0. The molecule has 1 aromatic carbocycles. The lowest BCUT2D eigenvalue weighted by atomic mass is 10.1. The molecule has 0 radical (unpaired) electrons. The molecule has 0 fully saturated rings. The zero-order valence-electron chi connectivity index (χ0n) is 14.1. The van der Waals surface area contributed by atoms with E-state index in [1.165, 1.54) is 32.1 Å². The fraction of sp³-hybridized carbons (Fsp3) is 0.667. The molecule has 1 rings (SSSR count). The minimum Gasteiger partial charge on any atom is -0.508 e. The number of unbranched alkanes of at least 4 members (excludes halogenated alkanes) is 5. The van der Waals surface area contributed by atoms with Gasteiger partial charge in [-0.05, 0) is 32.4 Å². The van der Waals surface area contributed by atoms with Crippen molar-refractivity contribution in [3.05, 3.63) is 30.3 Å². The summed E-state index contributed by atoms with van der Waals surface area (Å²) in [6.45, 7) is 8.25. The summed E-state index contributed by atoms with van der Waals surface area (Å²) in [5.74, 6) is 0.322. The number of hydrogen-bond acceptors (Lipinski definition) is 3. The minimum absolute atomic E-state index is 0.322. The fourth-order valence-corrected chi connectivity index (χ4v) is 1.52. The molecule has 0 heterocycles. The van der Waals surface area contributed by atoms with Crippen LogP contribution in [0.15, 0.2) is 30.3 Å². The van der Waals surface area contributed by atoms with Crippen molar-refractivity contribution in [2.24, 2.45) is 0 Å². The van der Waals surface area contributed by atoms with E-state index in [0.717, 1.165) is 19.6 Å². The number of phenolic OH excluding ortho intramolecular Hbond substituents is 1. The van der Waals surface area contributed by atoms with E-state index in [4.69, 9.17) is 14.9 Å². The van der Waals surface area contributed by atoms with Crippen LogP contribution in [0.1, 0.15) is 59.3 Å². The normalized spacial score (nSPS) is 9.14. The van der Waals surface area contributed by atoms with Gasteiger partial charge in [-0.25, -0.2) is 0 Å². The summed E-state index contributed by atoms with van der Waals surface area (Å²) in [5.41, 5.74) is 0. The van der Waals surface area contributed by atoms with Gasteiger partial charge in [0.05, 0.1) is 0 Å². The average molecular weight is 298 g/mol. The molecule has 0 amide bonds. The van der Waals surface area contributed by atoms with Crippen LogP contribution < -0.4 is 0 Å². The zero-order chi connectivity index (χ0) is 16.2. The topological polar surface area (TPSA) is 49.7 Å². The first-order valence-corrected chi connectivity index (χ1v) is 8.15. The van der Waals surface area contributed by atoms with E-state index in [1.54, 1.807) is 24.3 Å². The Morgan fingerprint density at radius 1 is 0.810 bits per heavy atom. The van der Waals surface area contributed by atoms with Crippen molar-refractivity contribution in [2.75, 3.05) is 19.8 Å². The van der Waals surface area contributed by atoms with Crippen molar-refractivity contribution in [1.29, 1.82) is 0 Å². The molecule has 1 aromatic rings. The van der Waals surface area contributed by atoms with Gasteiger partial charge in [-0.15, -0.1) is 0 Å². The Kier molecular flexibility index (Phi) is 22.5. The van der Waals surface area contributed by atoms with Crippen LogP contribution >= 0.6 is 0 Å². The van der Waals surface area contributed by atoms with Crippen LogP contribution in [0.5, 0.6) is 5.75 Å².